The minimum absolute atomic E-state index is 0. The number of para-hydroxylation sites is 2. The van der Waals surface area contributed by atoms with Gasteiger partial charge in [0, 0.05) is 22.1 Å². The molecule has 2 aromatic carbocycles. The minimum Gasteiger partial charge on any atom is -0.748 e. The van der Waals surface area contributed by atoms with Gasteiger partial charge in [-0.15, -0.1) is 0 Å². The van der Waals surface area contributed by atoms with Crippen molar-refractivity contribution in [3.8, 4) is 0 Å². The van der Waals surface area contributed by atoms with Crippen LogP contribution in [0.25, 0.3) is 0 Å². The summed E-state index contributed by atoms with van der Waals surface area (Å²) in [7, 11) is -4.03. The second-order valence-electron chi connectivity index (χ2n) is 7.99. The molecule has 1 aliphatic rings. The van der Waals surface area contributed by atoms with Gasteiger partial charge in [-0.05, 0) is 37.1 Å². The second kappa shape index (κ2) is 13.9. The van der Waals surface area contributed by atoms with E-state index in [2.05, 4.69) is 53.4 Å². The Morgan fingerprint density at radius 2 is 1.10 bits per heavy atom. The van der Waals surface area contributed by atoms with E-state index in [1.165, 1.54) is 59.7 Å². The van der Waals surface area contributed by atoms with Gasteiger partial charge in [-0.2, -0.15) is 0 Å². The van der Waals surface area contributed by atoms with Crippen LogP contribution in [-0.2, 0) is 10.1 Å². The Morgan fingerprint density at radius 3 is 1.58 bits per heavy atom. The molecule has 0 aliphatic carbocycles. The molecule has 0 bridgehead atoms. The van der Waals surface area contributed by atoms with Crippen LogP contribution < -0.4 is 34.5 Å². The molecule has 0 amide bonds. The fourth-order valence-corrected chi connectivity index (χ4v) is 5.64. The smallest absolute Gasteiger partial charge is 0.748 e. The summed E-state index contributed by atoms with van der Waals surface area (Å²) in [6.07, 6.45) is 10.9. The van der Waals surface area contributed by atoms with Gasteiger partial charge in [0.1, 0.15) is 0 Å². The van der Waals surface area contributed by atoms with Crippen LogP contribution in [0.1, 0.15) is 64.2 Å². The number of fused-ring (bicyclic) bond motifs is 2. The van der Waals surface area contributed by atoms with Crippen molar-refractivity contribution in [2.75, 3.05) is 17.2 Å². The molecular formula is C24H32NNaO3S2. The van der Waals surface area contributed by atoms with Gasteiger partial charge in [0.2, 0.25) is 0 Å². The van der Waals surface area contributed by atoms with Gasteiger partial charge in [0.25, 0.3) is 0 Å². The van der Waals surface area contributed by atoms with Crippen molar-refractivity contribution < 1.29 is 42.5 Å². The number of anilines is 2. The molecule has 0 N–H and O–H groups in total. The molecule has 0 unspecified atom stereocenters. The Balaban J connectivity index is 0.00000341. The molecule has 0 radical (unpaired) electrons. The van der Waals surface area contributed by atoms with E-state index < -0.39 is 10.1 Å². The minimum atomic E-state index is -4.03. The van der Waals surface area contributed by atoms with Crippen LogP contribution in [0.15, 0.2) is 58.3 Å². The third kappa shape index (κ3) is 9.10. The van der Waals surface area contributed by atoms with Gasteiger partial charge < -0.3 is 9.45 Å². The molecule has 0 atom stereocenters. The van der Waals surface area contributed by atoms with Crippen molar-refractivity contribution in [2.45, 2.75) is 74.0 Å². The van der Waals surface area contributed by atoms with E-state index in [1.54, 1.807) is 0 Å². The summed E-state index contributed by atoms with van der Waals surface area (Å²) in [5, 5.41) is 0. The summed E-state index contributed by atoms with van der Waals surface area (Å²) in [5.41, 5.74) is 2.65. The van der Waals surface area contributed by atoms with E-state index in [0.29, 0.717) is 6.42 Å². The van der Waals surface area contributed by atoms with Crippen LogP contribution in [0.4, 0.5) is 11.4 Å². The molecule has 7 heteroatoms. The summed E-state index contributed by atoms with van der Waals surface area (Å²) in [6.45, 7) is 1.05. The Labute approximate surface area is 214 Å². The maximum Gasteiger partial charge on any atom is 1.00 e. The standard InChI is InChI=1S/C24H33NO3S2.Na/c26-30(27,28)20-14-8-6-4-2-1-3-5-7-13-19-25-21-15-9-11-17-23(21)29-24-18-12-10-16-22(24)25;/h9-12,15-18H,1-8,13-14,19-20H2,(H,26,27,28);/q;+1/p-1. The largest absolute Gasteiger partial charge is 1.00 e. The predicted molar refractivity (Wildman–Crippen MR) is 125 cm³/mol. The first kappa shape index (κ1) is 26.7. The van der Waals surface area contributed by atoms with Crippen molar-refractivity contribution in [3.05, 3.63) is 48.5 Å². The molecule has 164 valence electrons. The Kier molecular flexibility index (Phi) is 12.0. The molecule has 2 aromatic rings. The zero-order chi connectivity index (χ0) is 21.2. The number of nitrogens with zero attached hydrogens (tertiary/aromatic N) is 1. The first-order valence-electron chi connectivity index (χ1n) is 11.1. The summed E-state index contributed by atoms with van der Waals surface area (Å²) in [6, 6.07) is 17.4. The van der Waals surface area contributed by atoms with E-state index in [4.69, 9.17) is 0 Å². The quantitative estimate of drug-likeness (QED) is 0.254. The maximum absolute atomic E-state index is 10.6. The Hall–Kier alpha value is -0.500. The molecule has 4 nitrogen and oxygen atoms in total. The van der Waals surface area contributed by atoms with Gasteiger partial charge >= 0.3 is 29.6 Å². The molecule has 0 saturated carbocycles. The average molecular weight is 470 g/mol. The number of unbranched alkanes of at least 4 members (excludes halogenated alkanes) is 9. The molecule has 3 rings (SSSR count). The molecule has 1 heterocycles. The van der Waals surface area contributed by atoms with E-state index in [0.717, 1.165) is 25.8 Å². The van der Waals surface area contributed by atoms with Gasteiger partial charge in [0.05, 0.1) is 21.5 Å². The van der Waals surface area contributed by atoms with Crippen LogP contribution in [0, 0.1) is 0 Å². The third-order valence-corrected chi connectivity index (χ3v) is 7.48. The van der Waals surface area contributed by atoms with Crippen LogP contribution in [0.3, 0.4) is 0 Å². The Bertz CT molecular complexity index is 860. The third-order valence-electron chi connectivity index (χ3n) is 5.56. The summed E-state index contributed by atoms with van der Waals surface area (Å²) in [4.78, 5) is 5.15. The van der Waals surface area contributed by atoms with E-state index in [9.17, 15) is 13.0 Å². The van der Waals surface area contributed by atoms with E-state index >= 15 is 0 Å². The van der Waals surface area contributed by atoms with E-state index in [1.807, 2.05) is 11.8 Å². The first-order chi connectivity index (χ1) is 14.5. The first-order valence-corrected chi connectivity index (χ1v) is 13.5. The molecule has 31 heavy (non-hydrogen) atoms. The summed E-state index contributed by atoms with van der Waals surface area (Å²) >= 11 is 1.86. The van der Waals surface area contributed by atoms with Gasteiger partial charge in [-0.3, -0.25) is 0 Å². The van der Waals surface area contributed by atoms with Crippen LogP contribution in [-0.4, -0.2) is 25.3 Å². The van der Waals surface area contributed by atoms with E-state index in [-0.39, 0.29) is 35.3 Å². The zero-order valence-electron chi connectivity index (χ0n) is 18.6. The van der Waals surface area contributed by atoms with Crippen molar-refractivity contribution in [1.29, 1.82) is 0 Å². The predicted octanol–water partition coefficient (Wildman–Crippen LogP) is 3.74. The number of hydrogen-bond acceptors (Lipinski definition) is 5. The second-order valence-corrected chi connectivity index (χ2v) is 10.6. The molecule has 0 saturated heterocycles. The van der Waals surface area contributed by atoms with Gasteiger partial charge in [-0.1, -0.05) is 87.4 Å². The van der Waals surface area contributed by atoms with Crippen molar-refractivity contribution in [3.63, 3.8) is 0 Å². The zero-order valence-corrected chi connectivity index (χ0v) is 22.2. The van der Waals surface area contributed by atoms with Crippen LogP contribution in [0.2, 0.25) is 0 Å². The summed E-state index contributed by atoms with van der Waals surface area (Å²) < 4.78 is 31.7. The molecule has 0 spiro atoms. The van der Waals surface area contributed by atoms with Gasteiger partial charge in [0.15, 0.2) is 0 Å². The number of benzene rings is 2. The topological polar surface area (TPSA) is 60.4 Å². The van der Waals surface area contributed by atoms with Crippen molar-refractivity contribution in [2.24, 2.45) is 0 Å². The van der Waals surface area contributed by atoms with Crippen LogP contribution >= 0.6 is 11.8 Å². The normalized spacial score (nSPS) is 12.7. The van der Waals surface area contributed by atoms with Crippen molar-refractivity contribution >= 4 is 33.3 Å². The SMILES string of the molecule is O=S(=O)([O-])CCCCCCCCCCCCN1c2ccccc2Sc2ccccc21.[Na+]. The molecule has 0 aromatic heterocycles. The molecular weight excluding hydrogens is 437 g/mol. The average Bonchev–Trinajstić information content (AvgIpc) is 2.73. The van der Waals surface area contributed by atoms with Crippen molar-refractivity contribution in [1.82, 2.24) is 0 Å². The molecule has 1 aliphatic heterocycles. The Morgan fingerprint density at radius 1 is 0.677 bits per heavy atom. The van der Waals surface area contributed by atoms with Crippen LogP contribution in [0.5, 0.6) is 0 Å². The van der Waals surface area contributed by atoms with Gasteiger partial charge in [-0.25, -0.2) is 8.42 Å². The number of hydrogen-bond donors (Lipinski definition) is 0. The maximum atomic E-state index is 10.6. The fraction of sp³-hybridized carbons (Fsp3) is 0.500. The number of rotatable bonds is 13. The molecule has 0 fully saturated rings. The monoisotopic (exact) mass is 469 g/mol. The summed E-state index contributed by atoms with van der Waals surface area (Å²) in [5.74, 6) is -0.211. The fourth-order valence-electron chi connectivity index (χ4n) is 3.99.